The number of anilines is 1. The Morgan fingerprint density at radius 3 is 2.50 bits per heavy atom. The van der Waals surface area contributed by atoms with E-state index in [1.807, 2.05) is 0 Å². The van der Waals surface area contributed by atoms with E-state index >= 15 is 0 Å². The summed E-state index contributed by atoms with van der Waals surface area (Å²) in [6, 6.07) is 11.1. The number of phenols is 1. The van der Waals surface area contributed by atoms with Crippen molar-refractivity contribution in [3.8, 4) is 5.75 Å². The topological polar surface area (TPSA) is 78.4 Å². The van der Waals surface area contributed by atoms with Crippen LogP contribution in [0.2, 0.25) is 0 Å². The maximum atomic E-state index is 13.6. The van der Waals surface area contributed by atoms with Crippen LogP contribution in [0.5, 0.6) is 5.75 Å². The Balaban J connectivity index is 1.76. The van der Waals surface area contributed by atoms with Gasteiger partial charge in [0.05, 0.1) is 5.69 Å². The number of nitrogens with one attached hydrogen (secondary N) is 2. The van der Waals surface area contributed by atoms with Crippen molar-refractivity contribution in [2.24, 2.45) is 0 Å². The van der Waals surface area contributed by atoms with Gasteiger partial charge in [-0.05, 0) is 55.2 Å². The molecule has 2 aromatic rings. The molecule has 3 N–H and O–H groups in total. The van der Waals surface area contributed by atoms with Crippen molar-refractivity contribution in [2.45, 2.75) is 19.8 Å². The third-order valence-electron chi connectivity index (χ3n) is 3.44. The highest BCUT2D eigenvalue weighted by molar-refractivity contribution is 6.39. The first-order valence-electron chi connectivity index (χ1n) is 7.59. The number of carbonyl (C=O) groups is 2. The van der Waals surface area contributed by atoms with E-state index in [4.69, 9.17) is 0 Å². The van der Waals surface area contributed by atoms with Gasteiger partial charge in [0.25, 0.3) is 0 Å². The molecule has 6 heteroatoms. The highest BCUT2D eigenvalue weighted by Crippen LogP contribution is 2.15. The number of aromatic hydroxyl groups is 1. The van der Waals surface area contributed by atoms with E-state index in [-0.39, 0.29) is 11.4 Å². The standard InChI is InChI=1S/C18H19FN2O3/c1-12-4-9-15(19)16(11-12)21-18(24)17(23)20-10-2-3-13-5-7-14(22)8-6-13/h4-9,11,22H,2-3,10H2,1H3,(H,20,23)(H,21,24). The average Bonchev–Trinajstić information content (AvgIpc) is 2.56. The lowest BCUT2D eigenvalue weighted by Crippen LogP contribution is -2.36. The van der Waals surface area contributed by atoms with Gasteiger partial charge in [-0.25, -0.2) is 4.39 Å². The lowest BCUT2D eigenvalue weighted by molar-refractivity contribution is -0.136. The van der Waals surface area contributed by atoms with Crippen molar-refractivity contribution in [2.75, 3.05) is 11.9 Å². The molecule has 0 atom stereocenters. The smallest absolute Gasteiger partial charge is 0.313 e. The minimum absolute atomic E-state index is 0.0146. The van der Waals surface area contributed by atoms with Gasteiger partial charge in [0, 0.05) is 6.54 Å². The lowest BCUT2D eigenvalue weighted by atomic mass is 10.1. The van der Waals surface area contributed by atoms with E-state index in [0.29, 0.717) is 19.4 Å². The normalized spacial score (nSPS) is 10.2. The van der Waals surface area contributed by atoms with Crippen LogP contribution in [0.4, 0.5) is 10.1 Å². The van der Waals surface area contributed by atoms with Crippen LogP contribution in [0.15, 0.2) is 42.5 Å². The Kier molecular flexibility index (Phi) is 5.89. The Morgan fingerprint density at radius 1 is 1.08 bits per heavy atom. The number of phenolic OH excluding ortho intramolecular Hbond substituents is 1. The number of rotatable bonds is 5. The summed E-state index contributed by atoms with van der Waals surface area (Å²) in [7, 11) is 0. The Morgan fingerprint density at radius 2 is 1.79 bits per heavy atom. The summed E-state index contributed by atoms with van der Waals surface area (Å²) in [4.78, 5) is 23.5. The Labute approximate surface area is 139 Å². The van der Waals surface area contributed by atoms with E-state index in [1.165, 1.54) is 12.1 Å². The second-order valence-corrected chi connectivity index (χ2v) is 5.46. The van der Waals surface area contributed by atoms with Crippen molar-refractivity contribution >= 4 is 17.5 Å². The molecule has 2 amide bonds. The van der Waals surface area contributed by atoms with Crippen molar-refractivity contribution in [3.05, 3.63) is 59.4 Å². The molecule has 0 saturated carbocycles. The first-order chi connectivity index (χ1) is 11.5. The first kappa shape index (κ1) is 17.5. The number of carbonyl (C=O) groups excluding carboxylic acids is 2. The highest BCUT2D eigenvalue weighted by atomic mass is 19.1. The maximum Gasteiger partial charge on any atom is 0.313 e. The minimum atomic E-state index is -0.899. The third kappa shape index (κ3) is 5.08. The van der Waals surface area contributed by atoms with Gasteiger partial charge in [-0.1, -0.05) is 18.2 Å². The highest BCUT2D eigenvalue weighted by Gasteiger charge is 2.15. The zero-order valence-electron chi connectivity index (χ0n) is 13.3. The Hall–Kier alpha value is -2.89. The van der Waals surface area contributed by atoms with Gasteiger partial charge in [0.2, 0.25) is 0 Å². The van der Waals surface area contributed by atoms with Crippen LogP contribution in [-0.4, -0.2) is 23.5 Å². The molecule has 24 heavy (non-hydrogen) atoms. The number of hydrogen-bond donors (Lipinski definition) is 3. The summed E-state index contributed by atoms with van der Waals surface area (Å²) in [6.45, 7) is 2.09. The summed E-state index contributed by atoms with van der Waals surface area (Å²) >= 11 is 0. The van der Waals surface area contributed by atoms with E-state index in [9.17, 15) is 19.1 Å². The fourth-order valence-corrected chi connectivity index (χ4v) is 2.15. The monoisotopic (exact) mass is 330 g/mol. The molecule has 2 aromatic carbocycles. The van der Waals surface area contributed by atoms with Crippen LogP contribution < -0.4 is 10.6 Å². The van der Waals surface area contributed by atoms with Crippen molar-refractivity contribution in [1.82, 2.24) is 5.32 Å². The lowest BCUT2D eigenvalue weighted by Gasteiger charge is -2.08. The van der Waals surface area contributed by atoms with Crippen LogP contribution in [0.3, 0.4) is 0 Å². The number of aryl methyl sites for hydroxylation is 2. The molecule has 0 fully saturated rings. The number of benzene rings is 2. The summed E-state index contributed by atoms with van der Waals surface area (Å²) in [5, 5.41) is 13.9. The quantitative estimate of drug-likeness (QED) is 0.582. The SMILES string of the molecule is Cc1ccc(F)c(NC(=O)C(=O)NCCCc2ccc(O)cc2)c1. The molecule has 126 valence electrons. The molecule has 0 saturated heterocycles. The van der Waals surface area contributed by atoms with E-state index in [0.717, 1.165) is 11.1 Å². The molecule has 0 radical (unpaired) electrons. The third-order valence-corrected chi connectivity index (χ3v) is 3.44. The van der Waals surface area contributed by atoms with Crippen LogP contribution >= 0.6 is 0 Å². The van der Waals surface area contributed by atoms with Gasteiger partial charge in [-0.3, -0.25) is 9.59 Å². The molecule has 0 heterocycles. The van der Waals surface area contributed by atoms with E-state index in [1.54, 1.807) is 37.3 Å². The molecule has 0 unspecified atom stereocenters. The summed E-state index contributed by atoms with van der Waals surface area (Å²) in [5.74, 6) is -2.09. The predicted octanol–water partition coefficient (Wildman–Crippen LogP) is 2.53. The maximum absolute atomic E-state index is 13.6. The molecule has 2 rings (SSSR count). The minimum Gasteiger partial charge on any atom is -0.508 e. The number of amides is 2. The molecule has 0 spiro atoms. The van der Waals surface area contributed by atoms with Gasteiger partial charge >= 0.3 is 11.8 Å². The van der Waals surface area contributed by atoms with E-state index in [2.05, 4.69) is 10.6 Å². The molecular formula is C18H19FN2O3. The fourth-order valence-electron chi connectivity index (χ4n) is 2.15. The zero-order valence-corrected chi connectivity index (χ0v) is 13.3. The second-order valence-electron chi connectivity index (χ2n) is 5.46. The predicted molar refractivity (Wildman–Crippen MR) is 89.2 cm³/mol. The average molecular weight is 330 g/mol. The van der Waals surface area contributed by atoms with Gasteiger partial charge in [0.15, 0.2) is 0 Å². The summed E-state index contributed by atoms with van der Waals surface area (Å²) < 4.78 is 13.6. The van der Waals surface area contributed by atoms with Crippen LogP contribution in [0, 0.1) is 12.7 Å². The summed E-state index contributed by atoms with van der Waals surface area (Å²) in [5.41, 5.74) is 1.79. The van der Waals surface area contributed by atoms with Crippen LogP contribution in [-0.2, 0) is 16.0 Å². The molecular weight excluding hydrogens is 311 g/mol. The molecule has 0 aromatic heterocycles. The largest absolute Gasteiger partial charge is 0.508 e. The fraction of sp³-hybridized carbons (Fsp3) is 0.222. The molecule has 5 nitrogen and oxygen atoms in total. The summed E-state index contributed by atoms with van der Waals surface area (Å²) in [6.07, 6.45) is 1.34. The molecule has 0 aliphatic rings. The van der Waals surface area contributed by atoms with Crippen molar-refractivity contribution in [3.63, 3.8) is 0 Å². The van der Waals surface area contributed by atoms with Crippen LogP contribution in [0.25, 0.3) is 0 Å². The number of halogens is 1. The van der Waals surface area contributed by atoms with Gasteiger partial charge in [-0.2, -0.15) is 0 Å². The van der Waals surface area contributed by atoms with Crippen LogP contribution in [0.1, 0.15) is 17.5 Å². The van der Waals surface area contributed by atoms with Gasteiger partial charge in [0.1, 0.15) is 11.6 Å². The molecule has 0 aliphatic heterocycles. The molecule has 0 bridgehead atoms. The Bertz CT molecular complexity index is 730. The second kappa shape index (κ2) is 8.10. The van der Waals surface area contributed by atoms with Crippen molar-refractivity contribution in [1.29, 1.82) is 0 Å². The van der Waals surface area contributed by atoms with Crippen molar-refractivity contribution < 1.29 is 19.1 Å². The van der Waals surface area contributed by atoms with Gasteiger partial charge < -0.3 is 15.7 Å². The number of hydrogen-bond acceptors (Lipinski definition) is 3. The zero-order chi connectivity index (χ0) is 17.5. The van der Waals surface area contributed by atoms with Gasteiger partial charge in [-0.15, -0.1) is 0 Å². The van der Waals surface area contributed by atoms with E-state index < -0.39 is 17.6 Å². The molecule has 0 aliphatic carbocycles. The first-order valence-corrected chi connectivity index (χ1v) is 7.59.